The molecule has 1 aliphatic heterocycles. The molecule has 4 heteroatoms. The zero-order valence-corrected chi connectivity index (χ0v) is 22.3. The second-order valence-corrected chi connectivity index (χ2v) is 12.8. The van der Waals surface area contributed by atoms with Gasteiger partial charge in [0.05, 0.1) is 11.4 Å². The molecule has 6 aromatic rings. The summed E-state index contributed by atoms with van der Waals surface area (Å²) in [5, 5.41) is 1.90. The molecule has 2 heterocycles. The molecule has 3 nitrogen and oxygen atoms in total. The van der Waals surface area contributed by atoms with Crippen molar-refractivity contribution in [1.29, 1.82) is 0 Å². The third kappa shape index (κ3) is 4.12. The standard InChI is InChI=1S/C35H25N2OP/c1-39(38)33-18-9-8-17-29(33)30-22-27(19-20-34(30)39)26-15-10-16-28(21-26)32-23-31(24-11-4-2-5-12-24)36-35(37-32)25-13-6-3-7-14-25/h2-23H,1H3. The van der Waals surface area contributed by atoms with E-state index in [1.54, 1.807) is 0 Å². The van der Waals surface area contributed by atoms with Crippen molar-refractivity contribution < 1.29 is 4.57 Å². The molecule has 0 radical (unpaired) electrons. The van der Waals surface area contributed by atoms with Gasteiger partial charge in [-0.2, -0.15) is 0 Å². The highest BCUT2D eigenvalue weighted by Crippen LogP contribution is 2.50. The highest BCUT2D eigenvalue weighted by atomic mass is 31.2. The van der Waals surface area contributed by atoms with Crippen LogP contribution in [0, 0.1) is 0 Å². The van der Waals surface area contributed by atoms with Crippen LogP contribution in [0.25, 0.3) is 56.2 Å². The van der Waals surface area contributed by atoms with E-state index in [2.05, 4.69) is 60.7 Å². The van der Waals surface area contributed by atoms with E-state index in [0.29, 0.717) is 5.82 Å². The summed E-state index contributed by atoms with van der Waals surface area (Å²) in [6.45, 7) is 1.88. The first kappa shape index (κ1) is 23.5. The summed E-state index contributed by atoms with van der Waals surface area (Å²) in [7, 11) is -2.58. The van der Waals surface area contributed by atoms with Crippen LogP contribution in [0.1, 0.15) is 0 Å². The minimum atomic E-state index is -2.58. The van der Waals surface area contributed by atoms with Crippen molar-refractivity contribution in [2.45, 2.75) is 0 Å². The lowest BCUT2D eigenvalue weighted by Crippen LogP contribution is -2.07. The summed E-state index contributed by atoms with van der Waals surface area (Å²) in [4.78, 5) is 9.91. The minimum Gasteiger partial charge on any atom is -0.314 e. The van der Waals surface area contributed by atoms with E-state index in [-0.39, 0.29) is 0 Å². The number of hydrogen-bond donors (Lipinski definition) is 0. The average molecular weight is 521 g/mol. The molecule has 186 valence electrons. The fourth-order valence-corrected chi connectivity index (χ4v) is 7.72. The summed E-state index contributed by atoms with van der Waals surface area (Å²) in [6, 6.07) is 45.2. The molecule has 0 fully saturated rings. The smallest absolute Gasteiger partial charge is 0.160 e. The Hall–Kier alpha value is -4.59. The van der Waals surface area contributed by atoms with Crippen LogP contribution in [0.2, 0.25) is 0 Å². The van der Waals surface area contributed by atoms with Crippen molar-refractivity contribution in [3.8, 4) is 56.2 Å². The predicted octanol–water partition coefficient (Wildman–Crippen LogP) is 8.07. The molecule has 0 saturated heterocycles. The molecule has 0 N–H and O–H groups in total. The second-order valence-electron chi connectivity index (χ2n) is 9.95. The summed E-state index contributed by atoms with van der Waals surface area (Å²) >= 11 is 0. The van der Waals surface area contributed by atoms with Crippen LogP contribution in [0.15, 0.2) is 133 Å². The monoisotopic (exact) mass is 520 g/mol. The zero-order chi connectivity index (χ0) is 26.4. The van der Waals surface area contributed by atoms with E-state index in [9.17, 15) is 4.57 Å². The van der Waals surface area contributed by atoms with Crippen molar-refractivity contribution in [1.82, 2.24) is 9.97 Å². The minimum absolute atomic E-state index is 0.699. The van der Waals surface area contributed by atoms with Crippen LogP contribution in [0.5, 0.6) is 0 Å². The molecule has 7 rings (SSSR count). The average Bonchev–Trinajstić information content (AvgIpc) is 3.24. The number of benzene rings is 5. The lowest BCUT2D eigenvalue weighted by Gasteiger charge is -2.12. The zero-order valence-electron chi connectivity index (χ0n) is 21.5. The van der Waals surface area contributed by atoms with E-state index in [4.69, 9.17) is 9.97 Å². The van der Waals surface area contributed by atoms with E-state index >= 15 is 0 Å². The van der Waals surface area contributed by atoms with Gasteiger partial charge in [-0.15, -0.1) is 0 Å². The lowest BCUT2D eigenvalue weighted by molar-refractivity contribution is 0.591. The highest BCUT2D eigenvalue weighted by molar-refractivity contribution is 7.79. The maximum Gasteiger partial charge on any atom is 0.160 e. The first-order chi connectivity index (χ1) is 19.1. The van der Waals surface area contributed by atoms with Crippen LogP contribution in [0.3, 0.4) is 0 Å². The molecular formula is C35H25N2OP. The summed E-state index contributed by atoms with van der Waals surface area (Å²) < 4.78 is 13.6. The van der Waals surface area contributed by atoms with Crippen molar-refractivity contribution in [3.05, 3.63) is 133 Å². The number of fused-ring (bicyclic) bond motifs is 3. The second kappa shape index (κ2) is 9.31. The number of aromatic nitrogens is 2. The van der Waals surface area contributed by atoms with Gasteiger partial charge in [0.2, 0.25) is 0 Å². The SMILES string of the molecule is CP1(=O)c2ccccc2-c2cc(-c3cccc(-c4cc(-c5ccccc5)nc(-c5ccccc5)n4)c3)ccc21. The van der Waals surface area contributed by atoms with Gasteiger partial charge in [-0.1, -0.05) is 109 Å². The Kier molecular flexibility index (Phi) is 5.61. The van der Waals surface area contributed by atoms with Gasteiger partial charge in [0.15, 0.2) is 5.82 Å². The number of rotatable bonds is 4. The number of hydrogen-bond acceptors (Lipinski definition) is 3. The molecule has 1 unspecified atom stereocenters. The van der Waals surface area contributed by atoms with Crippen molar-refractivity contribution in [3.63, 3.8) is 0 Å². The topological polar surface area (TPSA) is 42.9 Å². The normalized spacial score (nSPS) is 15.5. The van der Waals surface area contributed by atoms with E-state index in [1.807, 2.05) is 79.5 Å². The van der Waals surface area contributed by atoms with E-state index in [1.165, 1.54) is 0 Å². The largest absolute Gasteiger partial charge is 0.314 e. The highest BCUT2D eigenvalue weighted by Gasteiger charge is 2.34. The van der Waals surface area contributed by atoms with Gasteiger partial charge in [0.25, 0.3) is 0 Å². The van der Waals surface area contributed by atoms with Gasteiger partial charge in [-0.05, 0) is 53.2 Å². The first-order valence-corrected chi connectivity index (χ1v) is 15.2. The molecule has 0 aliphatic carbocycles. The summed E-state index contributed by atoms with van der Waals surface area (Å²) in [5.41, 5.74) is 9.13. The fraction of sp³-hybridized carbons (Fsp3) is 0.0286. The Balaban J connectivity index is 1.35. The van der Waals surface area contributed by atoms with Gasteiger partial charge in [0.1, 0.15) is 7.14 Å². The van der Waals surface area contributed by atoms with Crippen molar-refractivity contribution in [2.24, 2.45) is 0 Å². The van der Waals surface area contributed by atoms with E-state index in [0.717, 1.165) is 60.9 Å². The molecule has 0 amide bonds. The van der Waals surface area contributed by atoms with Gasteiger partial charge < -0.3 is 4.57 Å². The van der Waals surface area contributed by atoms with Gasteiger partial charge in [0, 0.05) is 27.3 Å². The van der Waals surface area contributed by atoms with Gasteiger partial charge in [-0.25, -0.2) is 9.97 Å². The van der Waals surface area contributed by atoms with Gasteiger partial charge in [-0.3, -0.25) is 0 Å². The summed E-state index contributed by atoms with van der Waals surface area (Å²) in [5.74, 6) is 0.699. The maximum absolute atomic E-state index is 13.6. The van der Waals surface area contributed by atoms with E-state index < -0.39 is 7.14 Å². The molecular weight excluding hydrogens is 495 g/mol. The molecule has 0 saturated carbocycles. The molecule has 1 aromatic heterocycles. The molecule has 0 bridgehead atoms. The van der Waals surface area contributed by atoms with Crippen LogP contribution in [0.4, 0.5) is 0 Å². The Morgan fingerprint density at radius 2 is 1.03 bits per heavy atom. The van der Waals surface area contributed by atoms with Crippen molar-refractivity contribution >= 4 is 17.8 Å². The Bertz CT molecular complexity index is 1840. The first-order valence-electron chi connectivity index (χ1n) is 13.0. The predicted molar refractivity (Wildman–Crippen MR) is 162 cm³/mol. The Morgan fingerprint density at radius 3 is 1.79 bits per heavy atom. The third-order valence-electron chi connectivity index (χ3n) is 7.43. The third-order valence-corrected chi connectivity index (χ3v) is 10.0. The quantitative estimate of drug-likeness (QED) is 0.221. The van der Waals surface area contributed by atoms with Crippen molar-refractivity contribution in [2.75, 3.05) is 6.66 Å². The van der Waals surface area contributed by atoms with Crippen LogP contribution in [-0.2, 0) is 4.57 Å². The number of nitrogens with zero attached hydrogens (tertiary/aromatic N) is 2. The molecule has 5 aromatic carbocycles. The fourth-order valence-electron chi connectivity index (χ4n) is 5.43. The van der Waals surface area contributed by atoms with Gasteiger partial charge >= 0.3 is 0 Å². The lowest BCUT2D eigenvalue weighted by atomic mass is 9.97. The molecule has 1 atom stereocenters. The summed E-state index contributed by atoms with van der Waals surface area (Å²) in [6.07, 6.45) is 0. The molecule has 39 heavy (non-hydrogen) atoms. The van der Waals surface area contributed by atoms with Crippen LogP contribution >= 0.6 is 7.14 Å². The molecule has 0 spiro atoms. The molecule has 1 aliphatic rings. The van der Waals surface area contributed by atoms with Crippen LogP contribution < -0.4 is 10.6 Å². The Morgan fingerprint density at radius 1 is 0.462 bits per heavy atom. The van der Waals surface area contributed by atoms with Crippen LogP contribution in [-0.4, -0.2) is 16.6 Å². The Labute approximate surface area is 228 Å². The maximum atomic E-state index is 13.6.